The fraction of sp³-hybridized carbons (Fsp3) is 0.611. The number of rotatable bonds is 10. The summed E-state index contributed by atoms with van der Waals surface area (Å²) in [5.41, 5.74) is 0.601. The molecule has 140 valence electrons. The minimum atomic E-state index is -0.239. The average molecular weight is 372 g/mol. The normalized spacial score (nSPS) is 19.8. The molecule has 0 heterocycles. The van der Waals surface area contributed by atoms with Gasteiger partial charge in [-0.15, -0.1) is 0 Å². The van der Waals surface area contributed by atoms with E-state index in [9.17, 15) is 4.39 Å². The first-order valence-corrected chi connectivity index (χ1v) is 9.10. The molecule has 1 saturated carbocycles. The molecule has 2 atom stereocenters. The van der Waals surface area contributed by atoms with Gasteiger partial charge >= 0.3 is 0 Å². The van der Waals surface area contributed by atoms with E-state index < -0.39 is 0 Å². The second kappa shape index (κ2) is 10.6. The lowest BCUT2D eigenvalue weighted by Crippen LogP contribution is -2.39. The summed E-state index contributed by atoms with van der Waals surface area (Å²) in [6.07, 6.45) is 1.69. The summed E-state index contributed by atoms with van der Waals surface area (Å²) in [5, 5.41) is 7.07. The summed E-state index contributed by atoms with van der Waals surface area (Å²) in [5.74, 6) is 0.603. The van der Waals surface area contributed by atoms with Crippen molar-refractivity contribution in [3.8, 4) is 0 Å². The van der Waals surface area contributed by atoms with Crippen molar-refractivity contribution in [3.63, 3.8) is 0 Å². The lowest BCUT2D eigenvalue weighted by molar-refractivity contribution is 0.0702. The van der Waals surface area contributed by atoms with Crippen LogP contribution >= 0.6 is 11.6 Å². The van der Waals surface area contributed by atoms with E-state index in [1.54, 1.807) is 19.2 Å². The van der Waals surface area contributed by atoms with Gasteiger partial charge in [0.05, 0.1) is 13.2 Å². The Balaban J connectivity index is 1.79. The first-order chi connectivity index (χ1) is 12.2. The van der Waals surface area contributed by atoms with Crippen LogP contribution in [-0.2, 0) is 9.47 Å². The number of halogens is 2. The molecule has 0 bridgehead atoms. The zero-order valence-corrected chi connectivity index (χ0v) is 15.6. The SMILES string of the molecule is CCNC(=NCCCOCCOC)NC1CC1c1c(F)cccc1Cl. The zero-order valence-electron chi connectivity index (χ0n) is 14.9. The van der Waals surface area contributed by atoms with Gasteiger partial charge in [-0.25, -0.2) is 4.39 Å². The van der Waals surface area contributed by atoms with Gasteiger partial charge in [0, 0.05) is 49.4 Å². The molecule has 1 aliphatic carbocycles. The first kappa shape index (κ1) is 19.9. The van der Waals surface area contributed by atoms with Crippen LogP contribution in [0.2, 0.25) is 5.02 Å². The van der Waals surface area contributed by atoms with Gasteiger partial charge in [0.15, 0.2) is 5.96 Å². The van der Waals surface area contributed by atoms with Crippen LogP contribution in [0.5, 0.6) is 0 Å². The fourth-order valence-electron chi connectivity index (χ4n) is 2.64. The van der Waals surface area contributed by atoms with Gasteiger partial charge in [0.25, 0.3) is 0 Å². The minimum absolute atomic E-state index is 0.0925. The third-order valence-electron chi connectivity index (χ3n) is 3.98. The molecule has 2 rings (SSSR count). The van der Waals surface area contributed by atoms with Crippen molar-refractivity contribution >= 4 is 17.6 Å². The largest absolute Gasteiger partial charge is 0.382 e. The van der Waals surface area contributed by atoms with Crippen LogP contribution in [0.3, 0.4) is 0 Å². The maximum absolute atomic E-state index is 14.0. The van der Waals surface area contributed by atoms with Crippen molar-refractivity contribution in [2.75, 3.05) is 40.0 Å². The van der Waals surface area contributed by atoms with E-state index in [0.29, 0.717) is 37.0 Å². The molecule has 5 nitrogen and oxygen atoms in total. The van der Waals surface area contributed by atoms with E-state index in [0.717, 1.165) is 25.3 Å². The number of hydrogen-bond donors (Lipinski definition) is 2. The third-order valence-corrected chi connectivity index (χ3v) is 4.31. The Bertz CT molecular complexity index is 551. The number of benzene rings is 1. The molecule has 0 aliphatic heterocycles. The molecule has 25 heavy (non-hydrogen) atoms. The molecule has 2 unspecified atom stereocenters. The predicted octanol–water partition coefficient (Wildman–Crippen LogP) is 2.94. The molecule has 1 aromatic rings. The number of guanidine groups is 1. The number of ether oxygens (including phenoxy) is 2. The Morgan fingerprint density at radius 1 is 1.36 bits per heavy atom. The van der Waals surface area contributed by atoms with Crippen LogP contribution in [0.1, 0.15) is 31.2 Å². The Hall–Kier alpha value is -1.37. The smallest absolute Gasteiger partial charge is 0.191 e. The average Bonchev–Trinajstić information content (AvgIpc) is 3.32. The Morgan fingerprint density at radius 2 is 2.20 bits per heavy atom. The molecule has 0 radical (unpaired) electrons. The number of hydrogen-bond acceptors (Lipinski definition) is 3. The molecule has 1 aromatic carbocycles. The lowest BCUT2D eigenvalue weighted by atomic mass is 10.1. The molecule has 0 aromatic heterocycles. The Labute approximate surface area is 153 Å². The van der Waals surface area contributed by atoms with Crippen LogP contribution in [0.25, 0.3) is 0 Å². The van der Waals surface area contributed by atoms with Crippen LogP contribution in [0, 0.1) is 5.82 Å². The second-order valence-electron chi connectivity index (χ2n) is 5.95. The molecule has 0 saturated heterocycles. The van der Waals surface area contributed by atoms with Gasteiger partial charge in [0.1, 0.15) is 5.82 Å². The summed E-state index contributed by atoms with van der Waals surface area (Å²) >= 11 is 6.15. The van der Waals surface area contributed by atoms with E-state index in [-0.39, 0.29) is 17.8 Å². The van der Waals surface area contributed by atoms with Gasteiger partial charge in [-0.3, -0.25) is 4.99 Å². The molecular weight excluding hydrogens is 345 g/mol. The van der Waals surface area contributed by atoms with E-state index in [1.165, 1.54) is 6.07 Å². The van der Waals surface area contributed by atoms with Crippen molar-refractivity contribution in [2.45, 2.75) is 31.7 Å². The first-order valence-electron chi connectivity index (χ1n) is 8.72. The van der Waals surface area contributed by atoms with Crippen molar-refractivity contribution in [2.24, 2.45) is 4.99 Å². The van der Waals surface area contributed by atoms with Gasteiger partial charge in [-0.05, 0) is 31.9 Å². The highest BCUT2D eigenvalue weighted by molar-refractivity contribution is 6.31. The summed E-state index contributed by atoms with van der Waals surface area (Å²) in [4.78, 5) is 4.54. The number of nitrogens with one attached hydrogen (secondary N) is 2. The monoisotopic (exact) mass is 371 g/mol. The van der Waals surface area contributed by atoms with Crippen LogP contribution in [-0.4, -0.2) is 52.0 Å². The molecule has 0 spiro atoms. The highest BCUT2D eigenvalue weighted by Crippen LogP contribution is 2.44. The Morgan fingerprint density at radius 3 is 2.92 bits per heavy atom. The van der Waals surface area contributed by atoms with E-state index in [1.807, 2.05) is 6.92 Å². The van der Waals surface area contributed by atoms with E-state index >= 15 is 0 Å². The van der Waals surface area contributed by atoms with Crippen molar-refractivity contribution in [3.05, 3.63) is 34.6 Å². The van der Waals surface area contributed by atoms with Crippen LogP contribution in [0.15, 0.2) is 23.2 Å². The lowest BCUT2D eigenvalue weighted by Gasteiger charge is -2.12. The topological polar surface area (TPSA) is 54.9 Å². The fourth-order valence-corrected chi connectivity index (χ4v) is 2.94. The Kier molecular flexibility index (Phi) is 8.44. The van der Waals surface area contributed by atoms with Gasteiger partial charge < -0.3 is 20.1 Å². The molecule has 0 amide bonds. The zero-order chi connectivity index (χ0) is 18.1. The second-order valence-corrected chi connectivity index (χ2v) is 6.35. The highest BCUT2D eigenvalue weighted by atomic mass is 35.5. The maximum atomic E-state index is 14.0. The van der Waals surface area contributed by atoms with Crippen molar-refractivity contribution < 1.29 is 13.9 Å². The third kappa shape index (κ3) is 6.45. The summed E-state index contributed by atoms with van der Waals surface area (Å²) in [6, 6.07) is 4.98. The van der Waals surface area contributed by atoms with Gasteiger partial charge in [-0.2, -0.15) is 0 Å². The van der Waals surface area contributed by atoms with Crippen LogP contribution < -0.4 is 10.6 Å². The van der Waals surface area contributed by atoms with Crippen LogP contribution in [0.4, 0.5) is 4.39 Å². The number of methoxy groups -OCH3 is 1. The van der Waals surface area contributed by atoms with Gasteiger partial charge in [0.2, 0.25) is 0 Å². The standard InChI is InChI=1S/C18H27ClFN3O2/c1-3-21-18(22-8-5-9-25-11-10-24-2)23-16-12-13(16)17-14(19)6-4-7-15(17)20/h4,6-7,13,16H,3,5,8-12H2,1-2H3,(H2,21,22,23). The minimum Gasteiger partial charge on any atom is -0.382 e. The van der Waals surface area contributed by atoms with Crippen molar-refractivity contribution in [1.29, 1.82) is 0 Å². The summed E-state index contributed by atoms with van der Waals surface area (Å²) in [7, 11) is 1.65. The highest BCUT2D eigenvalue weighted by Gasteiger charge is 2.41. The summed E-state index contributed by atoms with van der Waals surface area (Å²) < 4.78 is 24.3. The maximum Gasteiger partial charge on any atom is 0.191 e. The van der Waals surface area contributed by atoms with E-state index in [2.05, 4.69) is 15.6 Å². The molecule has 1 fully saturated rings. The number of nitrogens with zero attached hydrogens (tertiary/aromatic N) is 1. The molecule has 1 aliphatic rings. The predicted molar refractivity (Wildman–Crippen MR) is 99.0 cm³/mol. The quantitative estimate of drug-likeness (QED) is 0.377. The molecule has 7 heteroatoms. The van der Waals surface area contributed by atoms with Gasteiger partial charge in [-0.1, -0.05) is 17.7 Å². The summed E-state index contributed by atoms with van der Waals surface area (Å²) in [6.45, 7) is 5.32. The van der Waals surface area contributed by atoms with E-state index in [4.69, 9.17) is 21.1 Å². The molecular formula is C18H27ClFN3O2. The molecule has 2 N–H and O–H groups in total. The number of aliphatic imine (C=N–C) groups is 1. The van der Waals surface area contributed by atoms with Crippen molar-refractivity contribution in [1.82, 2.24) is 10.6 Å².